The predicted molar refractivity (Wildman–Crippen MR) is 62.3 cm³/mol. The maximum Gasteiger partial charge on any atom is 0.120 e. The molecule has 0 saturated carbocycles. The van der Waals surface area contributed by atoms with Gasteiger partial charge in [0.1, 0.15) is 6.29 Å². The molecule has 0 bridgehead atoms. The molecule has 1 rings (SSSR count). The molecule has 0 radical (unpaired) electrons. The van der Waals surface area contributed by atoms with Gasteiger partial charge >= 0.3 is 0 Å². The van der Waals surface area contributed by atoms with Gasteiger partial charge in [0, 0.05) is 23.2 Å². The van der Waals surface area contributed by atoms with Gasteiger partial charge in [-0.3, -0.25) is 0 Å². The molecule has 0 aliphatic carbocycles. The topological polar surface area (TPSA) is 29.1 Å². The van der Waals surface area contributed by atoms with Gasteiger partial charge in [0.05, 0.1) is 5.69 Å². The van der Waals surface area contributed by atoms with Crippen LogP contribution in [0.25, 0.3) is 0 Å². The lowest BCUT2D eigenvalue weighted by Crippen LogP contribution is -1.95. The monoisotopic (exact) mass is 211 g/mol. The fraction of sp³-hybridized carbons (Fsp3) is 0.545. The maximum absolute atomic E-state index is 10.2. The maximum atomic E-state index is 10.2. The lowest BCUT2D eigenvalue weighted by Gasteiger charge is -2.04. The molecular formula is C11H17NOS. The van der Waals surface area contributed by atoms with Crippen molar-refractivity contribution < 1.29 is 4.79 Å². The van der Waals surface area contributed by atoms with Gasteiger partial charge in [-0.25, -0.2) is 0 Å². The number of hydrogen-bond acceptors (Lipinski definition) is 3. The summed E-state index contributed by atoms with van der Waals surface area (Å²) in [5, 5.41) is 3.23. The Bertz CT molecular complexity index is 317. The normalized spacial score (nSPS) is 10.2. The lowest BCUT2D eigenvalue weighted by atomic mass is 10.1. The second-order valence-electron chi connectivity index (χ2n) is 3.38. The van der Waals surface area contributed by atoms with E-state index >= 15 is 0 Å². The first kappa shape index (κ1) is 11.2. The number of nitrogens with one attached hydrogen (secondary N) is 1. The van der Waals surface area contributed by atoms with E-state index in [0.717, 1.165) is 19.1 Å². The molecule has 0 saturated heterocycles. The summed E-state index contributed by atoms with van der Waals surface area (Å²) >= 11 is 1.83. The number of hydrogen-bond donors (Lipinski definition) is 1. The molecule has 1 N–H and O–H groups in total. The zero-order valence-electron chi connectivity index (χ0n) is 9.02. The Labute approximate surface area is 89.3 Å². The number of unbranched alkanes of at least 4 members (excludes halogenated alkanes) is 1. The van der Waals surface area contributed by atoms with Crippen LogP contribution in [0.3, 0.4) is 0 Å². The molecule has 0 aliphatic rings. The Morgan fingerprint density at radius 1 is 1.36 bits per heavy atom. The molecule has 0 unspecified atom stereocenters. The van der Waals surface area contributed by atoms with Gasteiger partial charge in [-0.15, -0.1) is 11.3 Å². The van der Waals surface area contributed by atoms with Crippen LogP contribution in [-0.4, -0.2) is 13.3 Å². The standard InChI is InChI=1S/C11H17NOS/c1-8-10(6-4-5-7-13)11(12-3)9(2)14-8/h7,12H,4-6H2,1-3H3. The Morgan fingerprint density at radius 2 is 2.07 bits per heavy atom. The average Bonchev–Trinajstić information content (AvgIpc) is 2.42. The summed E-state index contributed by atoms with van der Waals surface area (Å²) < 4.78 is 0. The van der Waals surface area contributed by atoms with E-state index in [-0.39, 0.29) is 0 Å². The highest BCUT2D eigenvalue weighted by atomic mass is 32.1. The highest BCUT2D eigenvalue weighted by Gasteiger charge is 2.10. The summed E-state index contributed by atoms with van der Waals surface area (Å²) in [6.07, 6.45) is 3.62. The molecule has 0 amide bonds. The van der Waals surface area contributed by atoms with E-state index < -0.39 is 0 Å². The highest BCUT2D eigenvalue weighted by Crippen LogP contribution is 2.32. The van der Waals surface area contributed by atoms with Gasteiger partial charge in [-0.2, -0.15) is 0 Å². The fourth-order valence-electron chi connectivity index (χ4n) is 1.72. The molecular weight excluding hydrogens is 194 g/mol. The van der Waals surface area contributed by atoms with Gasteiger partial charge < -0.3 is 10.1 Å². The number of aryl methyl sites for hydroxylation is 2. The Morgan fingerprint density at radius 3 is 2.64 bits per heavy atom. The second-order valence-corrected chi connectivity index (χ2v) is 4.81. The number of carbonyl (C=O) groups is 1. The highest BCUT2D eigenvalue weighted by molar-refractivity contribution is 7.12. The van der Waals surface area contributed by atoms with Crippen molar-refractivity contribution in [3.05, 3.63) is 15.3 Å². The molecule has 14 heavy (non-hydrogen) atoms. The molecule has 3 heteroatoms. The van der Waals surface area contributed by atoms with E-state index in [4.69, 9.17) is 0 Å². The first-order chi connectivity index (χ1) is 6.70. The van der Waals surface area contributed by atoms with E-state index in [0.29, 0.717) is 6.42 Å². The van der Waals surface area contributed by atoms with Crippen LogP contribution in [0.1, 0.15) is 28.2 Å². The number of aldehydes is 1. The predicted octanol–water partition coefficient (Wildman–Crippen LogP) is 2.93. The average molecular weight is 211 g/mol. The first-order valence-electron chi connectivity index (χ1n) is 4.91. The third-order valence-electron chi connectivity index (χ3n) is 2.38. The van der Waals surface area contributed by atoms with Crippen molar-refractivity contribution in [1.29, 1.82) is 0 Å². The molecule has 1 aromatic rings. The lowest BCUT2D eigenvalue weighted by molar-refractivity contribution is -0.107. The summed E-state index contributed by atoms with van der Waals surface area (Å²) in [5.41, 5.74) is 2.65. The third kappa shape index (κ3) is 2.35. The molecule has 0 aliphatic heterocycles. The van der Waals surface area contributed by atoms with Crippen LogP contribution in [-0.2, 0) is 11.2 Å². The number of rotatable bonds is 5. The Balaban J connectivity index is 2.77. The summed E-state index contributed by atoms with van der Waals surface area (Å²) in [6.45, 7) is 4.28. The van der Waals surface area contributed by atoms with Crippen molar-refractivity contribution in [2.75, 3.05) is 12.4 Å². The minimum Gasteiger partial charge on any atom is -0.387 e. The molecule has 1 aromatic heterocycles. The van der Waals surface area contributed by atoms with Gasteiger partial charge in [0.15, 0.2) is 0 Å². The SMILES string of the molecule is CNc1c(C)sc(C)c1CCCC=O. The molecule has 0 atom stereocenters. The van der Waals surface area contributed by atoms with Crippen molar-refractivity contribution in [3.8, 4) is 0 Å². The molecule has 0 aromatic carbocycles. The number of anilines is 1. The van der Waals surface area contributed by atoms with Gasteiger partial charge in [0.2, 0.25) is 0 Å². The van der Waals surface area contributed by atoms with Crippen molar-refractivity contribution in [2.24, 2.45) is 0 Å². The first-order valence-corrected chi connectivity index (χ1v) is 5.72. The van der Waals surface area contributed by atoms with Crippen molar-refractivity contribution in [1.82, 2.24) is 0 Å². The quantitative estimate of drug-likeness (QED) is 0.599. The molecule has 1 heterocycles. The summed E-state index contributed by atoms with van der Waals surface area (Å²) in [7, 11) is 1.96. The second kappa shape index (κ2) is 5.15. The van der Waals surface area contributed by atoms with Crippen molar-refractivity contribution >= 4 is 23.3 Å². The Kier molecular flexibility index (Phi) is 4.14. The smallest absolute Gasteiger partial charge is 0.120 e. The minimum absolute atomic E-state index is 0.664. The van der Waals surface area contributed by atoms with Crippen LogP contribution in [0.2, 0.25) is 0 Å². The van der Waals surface area contributed by atoms with Crippen LogP contribution in [0.5, 0.6) is 0 Å². The van der Waals surface area contributed by atoms with Crippen LogP contribution in [0.4, 0.5) is 5.69 Å². The van der Waals surface area contributed by atoms with Crippen LogP contribution in [0.15, 0.2) is 0 Å². The van der Waals surface area contributed by atoms with E-state index in [9.17, 15) is 4.79 Å². The zero-order chi connectivity index (χ0) is 10.6. The van der Waals surface area contributed by atoms with Crippen LogP contribution < -0.4 is 5.32 Å². The fourth-order valence-corrected chi connectivity index (χ4v) is 2.83. The minimum atomic E-state index is 0.664. The van der Waals surface area contributed by atoms with E-state index in [2.05, 4.69) is 19.2 Å². The van der Waals surface area contributed by atoms with Crippen LogP contribution in [0, 0.1) is 13.8 Å². The summed E-state index contributed by atoms with van der Waals surface area (Å²) in [5.74, 6) is 0. The van der Waals surface area contributed by atoms with Gasteiger partial charge in [-0.1, -0.05) is 0 Å². The van der Waals surface area contributed by atoms with Crippen molar-refractivity contribution in [3.63, 3.8) is 0 Å². The molecule has 2 nitrogen and oxygen atoms in total. The number of thiophene rings is 1. The van der Waals surface area contributed by atoms with E-state index in [1.807, 2.05) is 18.4 Å². The van der Waals surface area contributed by atoms with E-state index in [1.54, 1.807) is 0 Å². The number of carbonyl (C=O) groups excluding carboxylic acids is 1. The van der Waals surface area contributed by atoms with Crippen molar-refractivity contribution in [2.45, 2.75) is 33.1 Å². The summed E-state index contributed by atoms with van der Waals surface area (Å²) in [4.78, 5) is 12.9. The Hall–Kier alpha value is -0.830. The largest absolute Gasteiger partial charge is 0.387 e. The van der Waals surface area contributed by atoms with Gasteiger partial charge in [0.25, 0.3) is 0 Å². The zero-order valence-corrected chi connectivity index (χ0v) is 9.83. The summed E-state index contributed by atoms with van der Waals surface area (Å²) in [6, 6.07) is 0. The molecule has 0 fully saturated rings. The van der Waals surface area contributed by atoms with Crippen LogP contribution >= 0.6 is 11.3 Å². The van der Waals surface area contributed by atoms with Gasteiger partial charge in [-0.05, 0) is 32.3 Å². The van der Waals surface area contributed by atoms with E-state index in [1.165, 1.54) is 21.0 Å². The molecule has 0 spiro atoms. The molecule has 78 valence electrons. The third-order valence-corrected chi connectivity index (χ3v) is 3.45.